The van der Waals surface area contributed by atoms with Crippen LogP contribution in [0.3, 0.4) is 0 Å². The van der Waals surface area contributed by atoms with Crippen LogP contribution in [-0.4, -0.2) is 42.3 Å². The van der Waals surface area contributed by atoms with Crippen LogP contribution in [-0.2, 0) is 20.4 Å². The fourth-order valence-corrected chi connectivity index (χ4v) is 9.55. The Balaban J connectivity index is 0.762. The van der Waals surface area contributed by atoms with E-state index in [2.05, 4.69) is 85.5 Å². The number of carbonyl (C=O) groups is 2. The molecule has 0 bridgehead atoms. The molecule has 4 aromatic carbocycles. The van der Waals surface area contributed by atoms with E-state index in [-0.39, 0.29) is 22.9 Å². The number of benzene rings is 4. The van der Waals surface area contributed by atoms with E-state index in [1.165, 1.54) is 12.1 Å². The van der Waals surface area contributed by atoms with E-state index < -0.39 is 21.8 Å². The van der Waals surface area contributed by atoms with Crippen molar-refractivity contribution in [1.29, 1.82) is 0 Å². The smallest absolute Gasteiger partial charge is 0.270 e. The predicted octanol–water partition coefficient (Wildman–Crippen LogP) is 10.4. The van der Waals surface area contributed by atoms with Crippen LogP contribution < -0.4 is 29.9 Å². The summed E-state index contributed by atoms with van der Waals surface area (Å²) in [5, 5.41) is 17.5. The van der Waals surface area contributed by atoms with Crippen molar-refractivity contribution in [3.8, 4) is 11.5 Å². The van der Waals surface area contributed by atoms with E-state index >= 15 is 0 Å². The molecule has 306 valence electrons. The van der Waals surface area contributed by atoms with Crippen molar-refractivity contribution in [2.45, 2.75) is 101 Å². The first-order valence-corrected chi connectivity index (χ1v) is 20.7. The highest BCUT2D eigenvalue weighted by molar-refractivity contribution is 5.92. The van der Waals surface area contributed by atoms with Crippen molar-refractivity contribution < 1.29 is 24.0 Å². The first-order chi connectivity index (χ1) is 28.2. The van der Waals surface area contributed by atoms with Gasteiger partial charge < -0.3 is 29.9 Å². The molecule has 0 fully saturated rings. The van der Waals surface area contributed by atoms with Gasteiger partial charge in [-0.05, 0) is 124 Å². The second-order valence-corrected chi connectivity index (χ2v) is 17.3. The largest absolute Gasteiger partial charge is 0.463 e. The first kappa shape index (κ1) is 39.7. The number of hydrogen-bond acceptors (Lipinski definition) is 8. The van der Waals surface area contributed by atoms with Gasteiger partial charge in [-0.3, -0.25) is 19.7 Å². The third-order valence-corrected chi connectivity index (χ3v) is 13.1. The minimum atomic E-state index is -0.844. The molecule has 4 aromatic rings. The van der Waals surface area contributed by atoms with Gasteiger partial charge in [-0.25, -0.2) is 0 Å². The highest BCUT2D eigenvalue weighted by Crippen LogP contribution is 2.56. The summed E-state index contributed by atoms with van der Waals surface area (Å²) in [4.78, 5) is 41.1. The topological polar surface area (TPSA) is 126 Å². The molecule has 0 aliphatic carbocycles. The van der Waals surface area contributed by atoms with Crippen LogP contribution in [0.5, 0.6) is 11.5 Å². The Kier molecular flexibility index (Phi) is 10.0. The predicted molar refractivity (Wildman–Crippen MR) is 234 cm³/mol. The van der Waals surface area contributed by atoms with Gasteiger partial charge in [0.1, 0.15) is 11.5 Å². The summed E-state index contributed by atoms with van der Waals surface area (Å²) < 4.78 is 13.3. The van der Waals surface area contributed by atoms with Gasteiger partial charge in [0.2, 0.25) is 23.3 Å². The Labute approximate surface area is 346 Å². The van der Waals surface area contributed by atoms with Crippen LogP contribution in [0.2, 0.25) is 0 Å². The molecule has 2 atom stereocenters. The SMILES string of the molecule is CN1c2ccc(NC(=O)CCCCCCCCC(=O)Nc3ccc4c(c3)C(C)(C)C3(C=Cc5cc([N+](=O)[O-])ccc5O3)N4C)cc2C(C)(C)C12C=Cc1ccccc1O2. The number of amides is 2. The Hall–Kier alpha value is -6.10. The van der Waals surface area contributed by atoms with Crippen LogP contribution in [0.4, 0.5) is 28.4 Å². The standard InChI is InChI=1S/C48H53N5O6/c1-45(2)37-30-34(19-22-39(37)51(5)47(45)27-25-32-15-13-14-16-41(32)58-47)49-43(54)17-11-9-7-8-10-12-18-44(55)50-35-20-23-40-38(31-35)46(3,4)48(52(40)6)28-26-33-29-36(53(56)57)21-24-42(33)59-48/h13-16,19-31H,7-12,17-18H2,1-6H3,(H,49,54)(H,50,55). The molecule has 0 saturated carbocycles. The van der Waals surface area contributed by atoms with Crippen LogP contribution in [0.1, 0.15) is 101 Å². The number of ether oxygens (including phenoxy) is 2. The number of hydrogen-bond donors (Lipinski definition) is 2. The highest BCUT2D eigenvalue weighted by atomic mass is 16.6. The number of unbranched alkanes of at least 4 members (excludes halogenated alkanes) is 5. The maximum absolute atomic E-state index is 13.0. The normalized spacial score (nSPS) is 21.0. The molecule has 2 amide bonds. The number of nitro benzene ring substituents is 1. The maximum atomic E-state index is 13.0. The minimum Gasteiger partial charge on any atom is -0.463 e. The number of nitrogens with one attached hydrogen (secondary N) is 2. The van der Waals surface area contributed by atoms with Gasteiger partial charge in [0, 0.05) is 72.9 Å². The first-order valence-electron chi connectivity index (χ1n) is 20.7. The number of carbonyl (C=O) groups excluding carboxylic acids is 2. The molecule has 4 aliphatic rings. The fourth-order valence-electron chi connectivity index (χ4n) is 9.55. The molecule has 11 nitrogen and oxygen atoms in total. The van der Waals surface area contributed by atoms with Crippen molar-refractivity contribution in [3.05, 3.63) is 123 Å². The molecule has 4 aliphatic heterocycles. The summed E-state index contributed by atoms with van der Waals surface area (Å²) in [5.41, 5.74) is 5.13. The summed E-state index contributed by atoms with van der Waals surface area (Å²) in [7, 11) is 4.05. The third-order valence-electron chi connectivity index (χ3n) is 13.1. The lowest BCUT2D eigenvalue weighted by Crippen LogP contribution is -2.58. The number of rotatable bonds is 12. The number of non-ortho nitro benzene ring substituents is 1. The Morgan fingerprint density at radius 1 is 0.627 bits per heavy atom. The fraction of sp³-hybridized carbons (Fsp3) is 0.375. The summed E-state index contributed by atoms with van der Waals surface area (Å²) in [5.74, 6) is 1.45. The van der Waals surface area contributed by atoms with Crippen molar-refractivity contribution in [2.24, 2.45) is 0 Å². The lowest BCUT2D eigenvalue weighted by molar-refractivity contribution is -0.384. The van der Waals surface area contributed by atoms with E-state index in [4.69, 9.17) is 9.47 Å². The average Bonchev–Trinajstić information content (AvgIpc) is 3.47. The van der Waals surface area contributed by atoms with Gasteiger partial charge in [0.15, 0.2) is 0 Å². The quantitative estimate of drug-likeness (QED) is 0.0825. The number of anilines is 4. The van der Waals surface area contributed by atoms with E-state index in [0.717, 1.165) is 83.7 Å². The molecule has 0 radical (unpaired) electrons. The second-order valence-electron chi connectivity index (χ2n) is 17.3. The lowest BCUT2D eigenvalue weighted by Gasteiger charge is -2.45. The average molecular weight is 796 g/mol. The lowest BCUT2D eigenvalue weighted by atomic mass is 9.76. The van der Waals surface area contributed by atoms with Crippen molar-refractivity contribution in [2.75, 3.05) is 34.5 Å². The molecule has 0 saturated heterocycles. The third kappa shape index (κ3) is 6.70. The van der Waals surface area contributed by atoms with E-state index in [0.29, 0.717) is 24.2 Å². The molecule has 2 unspecified atom stereocenters. The van der Waals surface area contributed by atoms with Crippen LogP contribution in [0.15, 0.2) is 91.0 Å². The highest BCUT2D eigenvalue weighted by Gasteiger charge is 2.59. The van der Waals surface area contributed by atoms with Crippen molar-refractivity contribution in [1.82, 2.24) is 0 Å². The van der Waals surface area contributed by atoms with E-state index in [9.17, 15) is 19.7 Å². The minimum absolute atomic E-state index is 0.0151. The second kappa shape index (κ2) is 14.9. The zero-order valence-electron chi connectivity index (χ0n) is 34.8. The number of likely N-dealkylation sites (N-methyl/N-ethyl adjacent to an activating group) is 2. The number of nitro groups is 1. The Morgan fingerprint density at radius 3 is 1.63 bits per heavy atom. The summed E-state index contributed by atoms with van der Waals surface area (Å²) >= 11 is 0. The van der Waals surface area contributed by atoms with Crippen molar-refractivity contribution >= 4 is 52.4 Å². The van der Waals surface area contributed by atoms with Gasteiger partial charge >= 0.3 is 0 Å². The van der Waals surface area contributed by atoms with Crippen LogP contribution in [0, 0.1) is 10.1 Å². The molecule has 0 aromatic heterocycles. The van der Waals surface area contributed by atoms with Crippen molar-refractivity contribution in [3.63, 3.8) is 0 Å². The zero-order valence-corrected chi connectivity index (χ0v) is 34.8. The van der Waals surface area contributed by atoms with Gasteiger partial charge in [-0.2, -0.15) is 0 Å². The summed E-state index contributed by atoms with van der Waals surface area (Å²) in [6, 6.07) is 24.8. The molecule has 2 N–H and O–H groups in total. The van der Waals surface area contributed by atoms with E-state index in [1.807, 2.05) is 61.7 Å². The summed E-state index contributed by atoms with van der Waals surface area (Å²) in [6.45, 7) is 8.61. The number of para-hydroxylation sites is 1. The molecule has 59 heavy (non-hydrogen) atoms. The number of fused-ring (bicyclic) bond motifs is 4. The Morgan fingerprint density at radius 2 is 1.10 bits per heavy atom. The van der Waals surface area contributed by atoms with Gasteiger partial charge in [-0.1, -0.05) is 43.9 Å². The van der Waals surface area contributed by atoms with Gasteiger partial charge in [0.05, 0.1) is 15.8 Å². The Bertz CT molecular complexity index is 2400. The molecule has 11 heteroatoms. The van der Waals surface area contributed by atoms with Gasteiger partial charge in [0.25, 0.3) is 5.69 Å². The zero-order chi connectivity index (χ0) is 41.7. The van der Waals surface area contributed by atoms with Gasteiger partial charge in [-0.15, -0.1) is 0 Å². The molecule has 4 heterocycles. The molecule has 8 rings (SSSR count). The monoisotopic (exact) mass is 795 g/mol. The molecular weight excluding hydrogens is 743 g/mol. The van der Waals surface area contributed by atoms with Crippen LogP contribution in [0.25, 0.3) is 12.2 Å². The van der Waals surface area contributed by atoms with Crippen LogP contribution >= 0.6 is 0 Å². The number of nitrogens with zero attached hydrogens (tertiary/aromatic N) is 3. The maximum Gasteiger partial charge on any atom is 0.270 e. The van der Waals surface area contributed by atoms with E-state index in [1.54, 1.807) is 6.07 Å². The molecular formula is C48H53N5O6. The summed E-state index contributed by atoms with van der Waals surface area (Å²) in [6.07, 6.45) is 14.6. The molecule has 2 spiro atoms.